The summed E-state index contributed by atoms with van der Waals surface area (Å²) < 4.78 is 13.1. The highest BCUT2D eigenvalue weighted by atomic mass is 35.5. The van der Waals surface area contributed by atoms with Gasteiger partial charge in [0.2, 0.25) is 6.79 Å². The Morgan fingerprint density at radius 2 is 2.04 bits per heavy atom. The number of thioether (sulfide) groups is 1. The minimum absolute atomic E-state index is 0.237. The summed E-state index contributed by atoms with van der Waals surface area (Å²) in [6, 6.07) is 4.47. The largest absolute Gasteiger partial charge is 0.454 e. The van der Waals surface area contributed by atoms with Crippen LogP contribution < -0.4 is 9.47 Å². The van der Waals surface area contributed by atoms with E-state index in [1.54, 1.807) is 11.8 Å². The van der Waals surface area contributed by atoms with Gasteiger partial charge in [-0.15, -0.1) is 10.2 Å². The molecule has 4 rings (SSSR count). The van der Waals surface area contributed by atoms with E-state index in [4.69, 9.17) is 21.1 Å². The van der Waals surface area contributed by atoms with Gasteiger partial charge in [0.25, 0.3) is 0 Å². The first-order chi connectivity index (χ1) is 11.7. The van der Waals surface area contributed by atoms with Gasteiger partial charge in [0, 0.05) is 11.8 Å². The third-order valence-electron chi connectivity index (χ3n) is 4.63. The number of aryl methyl sites for hydroxylation is 1. The number of nitrogens with zero attached hydrogens (tertiary/aromatic N) is 3. The summed E-state index contributed by atoms with van der Waals surface area (Å²) in [5.41, 5.74) is 1.10. The van der Waals surface area contributed by atoms with E-state index in [2.05, 4.69) is 14.8 Å². The normalized spacial score (nSPS) is 17.4. The number of aromatic nitrogens is 3. The van der Waals surface area contributed by atoms with Crippen molar-refractivity contribution < 1.29 is 9.47 Å². The Morgan fingerprint density at radius 3 is 2.88 bits per heavy atom. The molecular weight excluding hydrogens is 346 g/mol. The molecule has 24 heavy (non-hydrogen) atoms. The highest BCUT2D eigenvalue weighted by Gasteiger charge is 2.22. The molecule has 1 aromatic carbocycles. The second-order valence-corrected chi connectivity index (χ2v) is 7.64. The van der Waals surface area contributed by atoms with E-state index in [0.717, 1.165) is 28.0 Å². The van der Waals surface area contributed by atoms with Crippen LogP contribution in [0.3, 0.4) is 0 Å². The van der Waals surface area contributed by atoms with Crippen molar-refractivity contribution >= 4 is 23.4 Å². The average Bonchev–Trinajstić information content (AvgIpc) is 3.20. The van der Waals surface area contributed by atoms with Gasteiger partial charge in [0.1, 0.15) is 5.82 Å². The standard InChI is InChI=1S/C17H20ClN3O2S/c1-11-19-20-17(21(11)13-5-3-2-4-6-13)24-9-12-7-14(18)16-15(8-12)22-10-23-16/h7-8,13H,2-6,9-10H2,1H3. The zero-order valence-electron chi connectivity index (χ0n) is 13.6. The van der Waals surface area contributed by atoms with E-state index in [-0.39, 0.29) is 6.79 Å². The number of ether oxygens (including phenoxy) is 2. The number of fused-ring (bicyclic) bond motifs is 1. The topological polar surface area (TPSA) is 49.2 Å². The fraction of sp³-hybridized carbons (Fsp3) is 0.529. The minimum atomic E-state index is 0.237. The SMILES string of the molecule is Cc1nnc(SCc2cc(Cl)c3c(c2)OCO3)n1C1CCCCC1. The lowest BCUT2D eigenvalue weighted by atomic mass is 9.95. The van der Waals surface area contributed by atoms with Crippen LogP contribution >= 0.6 is 23.4 Å². The molecule has 1 aliphatic carbocycles. The van der Waals surface area contributed by atoms with E-state index in [1.165, 1.54) is 32.1 Å². The third kappa shape index (κ3) is 3.09. The van der Waals surface area contributed by atoms with Crippen LogP contribution in [0, 0.1) is 6.92 Å². The Balaban J connectivity index is 1.51. The zero-order valence-corrected chi connectivity index (χ0v) is 15.2. The molecule has 0 amide bonds. The Bertz CT molecular complexity index is 744. The maximum Gasteiger partial charge on any atom is 0.231 e. The maximum absolute atomic E-state index is 6.27. The van der Waals surface area contributed by atoms with Gasteiger partial charge >= 0.3 is 0 Å². The van der Waals surface area contributed by atoms with Crippen LogP contribution in [-0.4, -0.2) is 21.6 Å². The summed E-state index contributed by atoms with van der Waals surface area (Å²) in [6.07, 6.45) is 6.38. The fourth-order valence-electron chi connectivity index (χ4n) is 3.46. The number of halogens is 1. The highest BCUT2D eigenvalue weighted by Crippen LogP contribution is 2.41. The Kier molecular flexibility index (Phi) is 4.59. The minimum Gasteiger partial charge on any atom is -0.454 e. The summed E-state index contributed by atoms with van der Waals surface area (Å²) in [7, 11) is 0. The predicted octanol–water partition coefficient (Wildman–Crippen LogP) is 4.77. The van der Waals surface area contributed by atoms with E-state index in [0.29, 0.717) is 16.8 Å². The van der Waals surface area contributed by atoms with Gasteiger partial charge in [-0.25, -0.2) is 0 Å². The summed E-state index contributed by atoms with van der Waals surface area (Å²) >= 11 is 7.97. The maximum atomic E-state index is 6.27. The molecule has 2 aliphatic rings. The molecule has 1 aliphatic heterocycles. The molecule has 1 aromatic heterocycles. The smallest absolute Gasteiger partial charge is 0.231 e. The molecule has 1 saturated carbocycles. The summed E-state index contributed by atoms with van der Waals surface area (Å²) in [5, 5.41) is 10.3. The first-order valence-electron chi connectivity index (χ1n) is 8.34. The van der Waals surface area contributed by atoms with Crippen molar-refractivity contribution in [3.05, 3.63) is 28.5 Å². The van der Waals surface area contributed by atoms with Gasteiger partial charge in [0.15, 0.2) is 16.7 Å². The van der Waals surface area contributed by atoms with Crippen LogP contribution in [0.25, 0.3) is 0 Å². The zero-order chi connectivity index (χ0) is 16.5. The molecule has 0 unspecified atom stereocenters. The van der Waals surface area contributed by atoms with E-state index < -0.39 is 0 Å². The van der Waals surface area contributed by atoms with Gasteiger partial charge in [0.05, 0.1) is 5.02 Å². The fourth-order valence-corrected chi connectivity index (χ4v) is 4.73. The van der Waals surface area contributed by atoms with Crippen molar-refractivity contribution in [1.82, 2.24) is 14.8 Å². The first kappa shape index (κ1) is 16.1. The van der Waals surface area contributed by atoms with E-state index in [9.17, 15) is 0 Å². The van der Waals surface area contributed by atoms with Crippen LogP contribution in [0.2, 0.25) is 5.02 Å². The molecule has 0 spiro atoms. The molecule has 0 atom stereocenters. The molecule has 2 heterocycles. The Hall–Kier alpha value is -1.40. The summed E-state index contributed by atoms with van der Waals surface area (Å²) in [4.78, 5) is 0. The van der Waals surface area contributed by atoms with Gasteiger partial charge in [-0.1, -0.05) is 42.6 Å². The molecule has 128 valence electrons. The Morgan fingerprint density at radius 1 is 1.21 bits per heavy atom. The van der Waals surface area contributed by atoms with Crippen molar-refractivity contribution in [2.45, 2.75) is 56.0 Å². The highest BCUT2D eigenvalue weighted by molar-refractivity contribution is 7.98. The monoisotopic (exact) mass is 365 g/mol. The molecule has 0 bridgehead atoms. The molecular formula is C17H20ClN3O2S. The number of benzene rings is 1. The lowest BCUT2D eigenvalue weighted by Crippen LogP contribution is -2.15. The van der Waals surface area contributed by atoms with E-state index in [1.807, 2.05) is 19.1 Å². The molecule has 0 N–H and O–H groups in total. The van der Waals surface area contributed by atoms with Crippen molar-refractivity contribution in [3.8, 4) is 11.5 Å². The van der Waals surface area contributed by atoms with Crippen molar-refractivity contribution in [2.75, 3.05) is 6.79 Å². The average molecular weight is 366 g/mol. The van der Waals surface area contributed by atoms with Crippen molar-refractivity contribution in [1.29, 1.82) is 0 Å². The van der Waals surface area contributed by atoms with Crippen molar-refractivity contribution in [3.63, 3.8) is 0 Å². The lowest BCUT2D eigenvalue weighted by molar-refractivity contribution is 0.174. The van der Waals surface area contributed by atoms with Crippen LogP contribution in [0.4, 0.5) is 0 Å². The second kappa shape index (κ2) is 6.84. The van der Waals surface area contributed by atoms with Gasteiger partial charge < -0.3 is 14.0 Å². The van der Waals surface area contributed by atoms with Crippen LogP contribution in [0.5, 0.6) is 11.5 Å². The third-order valence-corrected chi connectivity index (χ3v) is 5.92. The molecule has 1 fully saturated rings. The first-order valence-corrected chi connectivity index (χ1v) is 9.71. The molecule has 0 radical (unpaired) electrons. The predicted molar refractivity (Wildman–Crippen MR) is 94.0 cm³/mol. The number of hydrogen-bond donors (Lipinski definition) is 0. The number of rotatable bonds is 4. The summed E-state index contributed by atoms with van der Waals surface area (Å²) in [6.45, 7) is 2.28. The summed E-state index contributed by atoms with van der Waals surface area (Å²) in [5.74, 6) is 3.16. The van der Waals surface area contributed by atoms with Crippen LogP contribution in [-0.2, 0) is 5.75 Å². The lowest BCUT2D eigenvalue weighted by Gasteiger charge is -2.25. The Labute approximate surface area is 150 Å². The second-order valence-electron chi connectivity index (χ2n) is 6.29. The van der Waals surface area contributed by atoms with Gasteiger partial charge in [-0.3, -0.25) is 0 Å². The van der Waals surface area contributed by atoms with Crippen LogP contribution in [0.1, 0.15) is 49.5 Å². The molecule has 0 saturated heterocycles. The van der Waals surface area contributed by atoms with E-state index >= 15 is 0 Å². The van der Waals surface area contributed by atoms with Crippen molar-refractivity contribution in [2.24, 2.45) is 0 Å². The van der Waals surface area contributed by atoms with Gasteiger partial charge in [-0.2, -0.15) is 0 Å². The van der Waals surface area contributed by atoms with Gasteiger partial charge in [-0.05, 0) is 37.5 Å². The molecule has 7 heteroatoms. The quantitative estimate of drug-likeness (QED) is 0.730. The molecule has 2 aromatic rings. The van der Waals surface area contributed by atoms with Crippen LogP contribution in [0.15, 0.2) is 17.3 Å². The number of hydrogen-bond acceptors (Lipinski definition) is 5. The molecule has 5 nitrogen and oxygen atoms in total.